The molecule has 118 valence electrons. The van der Waals surface area contributed by atoms with E-state index in [9.17, 15) is 13.2 Å². The van der Waals surface area contributed by atoms with Gasteiger partial charge in [0.2, 0.25) is 0 Å². The van der Waals surface area contributed by atoms with Crippen molar-refractivity contribution in [3.8, 4) is 0 Å². The van der Waals surface area contributed by atoms with E-state index >= 15 is 0 Å². The van der Waals surface area contributed by atoms with Gasteiger partial charge in [-0.3, -0.25) is 4.90 Å². The van der Waals surface area contributed by atoms with Crippen LogP contribution in [0.5, 0.6) is 0 Å². The second-order valence-electron chi connectivity index (χ2n) is 5.80. The maximum atomic E-state index is 12.7. The number of alkyl halides is 3. The van der Waals surface area contributed by atoms with Gasteiger partial charge in [0.05, 0.1) is 5.56 Å². The number of hydrogen-bond donors (Lipinski definition) is 1. The second-order valence-corrected chi connectivity index (χ2v) is 5.80. The van der Waals surface area contributed by atoms with Crippen molar-refractivity contribution >= 4 is 0 Å². The van der Waals surface area contributed by atoms with Crippen LogP contribution in [0.4, 0.5) is 13.2 Å². The first-order valence-electron chi connectivity index (χ1n) is 7.53. The Morgan fingerprint density at radius 1 is 1.33 bits per heavy atom. The summed E-state index contributed by atoms with van der Waals surface area (Å²) in [7, 11) is 0. The fourth-order valence-corrected chi connectivity index (χ4v) is 3.01. The van der Waals surface area contributed by atoms with Crippen LogP contribution < -0.4 is 5.32 Å². The zero-order chi connectivity index (χ0) is 15.5. The molecule has 0 saturated carbocycles. The first kappa shape index (κ1) is 16.3. The summed E-state index contributed by atoms with van der Waals surface area (Å²) in [5, 5.41) is 3.45. The predicted molar refractivity (Wildman–Crippen MR) is 78.0 cm³/mol. The summed E-state index contributed by atoms with van der Waals surface area (Å²) in [6, 6.07) is 6.58. The number of benzene rings is 1. The molecule has 1 aliphatic rings. The SMILES string of the molecule is CCNC1CCN(Cc2cccc(C(F)(F)F)c2)C(C)C1. The number of likely N-dealkylation sites (tertiary alicyclic amines) is 1. The molecule has 2 nitrogen and oxygen atoms in total. The van der Waals surface area contributed by atoms with Crippen LogP contribution in [0.25, 0.3) is 0 Å². The van der Waals surface area contributed by atoms with E-state index in [1.807, 2.05) is 0 Å². The van der Waals surface area contributed by atoms with Crippen LogP contribution in [0.1, 0.15) is 37.8 Å². The van der Waals surface area contributed by atoms with Crippen LogP contribution in [-0.4, -0.2) is 30.1 Å². The number of rotatable bonds is 4. The summed E-state index contributed by atoms with van der Waals surface area (Å²) in [6.45, 7) is 6.72. The van der Waals surface area contributed by atoms with Crippen molar-refractivity contribution in [2.75, 3.05) is 13.1 Å². The Bertz CT molecular complexity index is 459. The number of hydrogen-bond acceptors (Lipinski definition) is 2. The summed E-state index contributed by atoms with van der Waals surface area (Å²) >= 11 is 0. The summed E-state index contributed by atoms with van der Waals surface area (Å²) in [6.07, 6.45) is -2.16. The van der Waals surface area contributed by atoms with Crippen molar-refractivity contribution in [2.45, 2.75) is 51.5 Å². The minimum absolute atomic E-state index is 0.386. The van der Waals surface area contributed by atoms with Gasteiger partial charge >= 0.3 is 6.18 Å². The van der Waals surface area contributed by atoms with Crippen LogP contribution >= 0.6 is 0 Å². The van der Waals surface area contributed by atoms with Gasteiger partial charge < -0.3 is 5.32 Å². The van der Waals surface area contributed by atoms with Crippen molar-refractivity contribution in [3.63, 3.8) is 0 Å². The maximum Gasteiger partial charge on any atom is 0.416 e. The average molecular weight is 300 g/mol. The first-order valence-corrected chi connectivity index (χ1v) is 7.53. The molecule has 2 rings (SSSR count). The van der Waals surface area contributed by atoms with E-state index in [0.29, 0.717) is 18.6 Å². The van der Waals surface area contributed by atoms with Crippen molar-refractivity contribution in [1.82, 2.24) is 10.2 Å². The highest BCUT2D eigenvalue weighted by Gasteiger charge is 2.31. The molecule has 21 heavy (non-hydrogen) atoms. The lowest BCUT2D eigenvalue weighted by atomic mass is 9.97. The molecule has 0 spiro atoms. The lowest BCUT2D eigenvalue weighted by molar-refractivity contribution is -0.137. The van der Waals surface area contributed by atoms with Crippen molar-refractivity contribution < 1.29 is 13.2 Å². The van der Waals surface area contributed by atoms with Gasteiger partial charge in [-0.1, -0.05) is 25.1 Å². The van der Waals surface area contributed by atoms with Crippen molar-refractivity contribution in [3.05, 3.63) is 35.4 Å². The quantitative estimate of drug-likeness (QED) is 0.913. The molecule has 1 aliphatic heterocycles. The van der Waals surface area contributed by atoms with Crippen LogP contribution in [0.15, 0.2) is 24.3 Å². The maximum absolute atomic E-state index is 12.7. The van der Waals surface area contributed by atoms with E-state index in [1.165, 1.54) is 12.1 Å². The Labute approximate surface area is 124 Å². The minimum atomic E-state index is -4.26. The molecular formula is C16H23F3N2. The third-order valence-corrected chi connectivity index (χ3v) is 4.15. The van der Waals surface area contributed by atoms with Gasteiger partial charge in [-0.05, 0) is 37.9 Å². The molecule has 1 aromatic rings. The molecule has 1 aromatic carbocycles. The highest BCUT2D eigenvalue weighted by atomic mass is 19.4. The van der Waals surface area contributed by atoms with Gasteiger partial charge in [0.1, 0.15) is 0 Å². The van der Waals surface area contributed by atoms with E-state index in [2.05, 4.69) is 24.1 Å². The predicted octanol–water partition coefficient (Wildman–Crippen LogP) is 3.67. The van der Waals surface area contributed by atoms with Crippen LogP contribution in [0, 0.1) is 0 Å². The van der Waals surface area contributed by atoms with Crippen molar-refractivity contribution in [1.29, 1.82) is 0 Å². The first-order chi connectivity index (χ1) is 9.90. The third-order valence-electron chi connectivity index (χ3n) is 4.15. The van der Waals surface area contributed by atoms with Crippen molar-refractivity contribution in [2.24, 2.45) is 0 Å². The molecule has 0 amide bonds. The molecule has 1 fully saturated rings. The Kier molecular flexibility index (Phi) is 5.27. The molecule has 1 heterocycles. The normalized spacial score (nSPS) is 24.2. The van der Waals surface area contributed by atoms with E-state index in [1.54, 1.807) is 6.07 Å². The zero-order valence-electron chi connectivity index (χ0n) is 12.6. The van der Waals surface area contributed by atoms with Gasteiger partial charge in [-0.2, -0.15) is 13.2 Å². The summed E-state index contributed by atoms with van der Waals surface area (Å²) in [4.78, 5) is 2.27. The summed E-state index contributed by atoms with van der Waals surface area (Å²) in [5.74, 6) is 0. The molecule has 0 bridgehead atoms. The van der Waals surface area contributed by atoms with E-state index in [0.717, 1.165) is 37.6 Å². The summed E-state index contributed by atoms with van der Waals surface area (Å²) in [5.41, 5.74) is 0.175. The topological polar surface area (TPSA) is 15.3 Å². The molecular weight excluding hydrogens is 277 g/mol. The fourth-order valence-electron chi connectivity index (χ4n) is 3.01. The second kappa shape index (κ2) is 6.79. The van der Waals surface area contributed by atoms with E-state index in [-0.39, 0.29) is 0 Å². The smallest absolute Gasteiger partial charge is 0.314 e. The summed E-state index contributed by atoms with van der Waals surface area (Å²) < 4.78 is 38.2. The number of piperidine rings is 1. The van der Waals surface area contributed by atoms with Crippen LogP contribution in [0.2, 0.25) is 0 Å². The van der Waals surface area contributed by atoms with Gasteiger partial charge in [-0.25, -0.2) is 0 Å². The largest absolute Gasteiger partial charge is 0.416 e. The molecule has 5 heteroatoms. The molecule has 0 radical (unpaired) electrons. The van der Waals surface area contributed by atoms with Gasteiger partial charge in [0, 0.05) is 25.2 Å². The Morgan fingerprint density at radius 2 is 2.10 bits per heavy atom. The highest BCUT2D eigenvalue weighted by molar-refractivity contribution is 5.25. The standard InChI is InChI=1S/C16H23F3N2/c1-3-20-15-7-8-21(12(2)9-15)11-13-5-4-6-14(10-13)16(17,18)19/h4-6,10,12,15,20H,3,7-9,11H2,1-2H3. The molecule has 2 atom stereocenters. The van der Waals surface area contributed by atoms with Gasteiger partial charge in [0.25, 0.3) is 0 Å². The minimum Gasteiger partial charge on any atom is -0.314 e. The molecule has 0 aliphatic carbocycles. The number of nitrogens with one attached hydrogen (secondary N) is 1. The van der Waals surface area contributed by atoms with Gasteiger partial charge in [-0.15, -0.1) is 0 Å². The van der Waals surface area contributed by atoms with E-state index < -0.39 is 11.7 Å². The monoisotopic (exact) mass is 300 g/mol. The zero-order valence-corrected chi connectivity index (χ0v) is 12.6. The Balaban J connectivity index is 1.99. The number of nitrogens with zero attached hydrogens (tertiary/aromatic N) is 1. The Morgan fingerprint density at radius 3 is 2.71 bits per heavy atom. The lowest BCUT2D eigenvalue weighted by Crippen LogP contribution is -2.46. The van der Waals surface area contributed by atoms with Crippen LogP contribution in [0.3, 0.4) is 0 Å². The van der Waals surface area contributed by atoms with Crippen LogP contribution in [-0.2, 0) is 12.7 Å². The lowest BCUT2D eigenvalue weighted by Gasteiger charge is -2.38. The van der Waals surface area contributed by atoms with E-state index in [4.69, 9.17) is 0 Å². The Hall–Kier alpha value is -1.07. The number of halogens is 3. The third kappa shape index (κ3) is 4.45. The van der Waals surface area contributed by atoms with Gasteiger partial charge in [0.15, 0.2) is 0 Å². The molecule has 1 saturated heterocycles. The highest BCUT2D eigenvalue weighted by Crippen LogP contribution is 2.30. The molecule has 1 N–H and O–H groups in total. The fraction of sp³-hybridized carbons (Fsp3) is 0.625. The molecule has 2 unspecified atom stereocenters. The average Bonchev–Trinajstić information content (AvgIpc) is 2.42. The molecule has 0 aromatic heterocycles.